The van der Waals surface area contributed by atoms with Gasteiger partial charge in [0.1, 0.15) is 0 Å². The fraction of sp³-hybridized carbons (Fsp3) is 0. The Balaban J connectivity index is 0. The van der Waals surface area contributed by atoms with E-state index in [0.29, 0.717) is 0 Å². The van der Waals surface area contributed by atoms with Gasteiger partial charge >= 0.3 is 37.4 Å². The van der Waals surface area contributed by atoms with Gasteiger partial charge < -0.3 is 0 Å². The molecule has 0 fully saturated rings. The van der Waals surface area contributed by atoms with Crippen molar-refractivity contribution in [1.29, 1.82) is 0 Å². The maximum atomic E-state index is 2.72. The van der Waals surface area contributed by atoms with Gasteiger partial charge in [-0.3, -0.25) is 0 Å². The third kappa shape index (κ3) is 8.87. The van der Waals surface area contributed by atoms with E-state index in [9.17, 15) is 0 Å². The summed E-state index contributed by atoms with van der Waals surface area (Å²) < 4.78 is 0. The van der Waals surface area contributed by atoms with Crippen molar-refractivity contribution in [1.82, 2.24) is 0 Å². The van der Waals surface area contributed by atoms with Crippen LogP contribution in [0.25, 0.3) is 0 Å². The molecule has 0 aromatic carbocycles. The zero-order valence-electron chi connectivity index (χ0n) is 1.56. The SMILES string of the molecule is [Mo].[Se]=[Co]=[Se]. The van der Waals surface area contributed by atoms with Gasteiger partial charge in [0.25, 0.3) is 0 Å². The van der Waals surface area contributed by atoms with Crippen LogP contribution in [0.5, 0.6) is 0 Å². The van der Waals surface area contributed by atoms with Crippen molar-refractivity contribution in [2.24, 2.45) is 0 Å². The van der Waals surface area contributed by atoms with Gasteiger partial charge in [-0.2, -0.15) is 0 Å². The summed E-state index contributed by atoms with van der Waals surface area (Å²) in [5.74, 6) is 0. The van der Waals surface area contributed by atoms with Crippen molar-refractivity contribution < 1.29 is 31.1 Å². The van der Waals surface area contributed by atoms with Gasteiger partial charge in [0, 0.05) is 21.1 Å². The monoisotopic (exact) mass is 317 g/mol. The first-order valence-electron chi connectivity index (χ1n) is 0.272. The molecule has 0 radical (unpaired) electrons. The molecular formula is CoMoSe2. The maximum absolute atomic E-state index is 2.72. The molecule has 0 aromatic heterocycles. The van der Waals surface area contributed by atoms with Crippen LogP contribution in [0.1, 0.15) is 0 Å². The molecule has 0 N–H and O–H groups in total. The van der Waals surface area contributed by atoms with E-state index >= 15 is 0 Å². The van der Waals surface area contributed by atoms with Gasteiger partial charge in [-0.1, -0.05) is 0 Å². The van der Waals surface area contributed by atoms with E-state index in [4.69, 9.17) is 0 Å². The van der Waals surface area contributed by atoms with E-state index < -0.39 is 0 Å². The van der Waals surface area contributed by atoms with Crippen LogP contribution in [0.3, 0.4) is 0 Å². The first-order chi connectivity index (χ1) is 1.41. The molecule has 0 aliphatic heterocycles. The van der Waals surface area contributed by atoms with Crippen LogP contribution in [0, 0.1) is 0 Å². The average molecular weight is 313 g/mol. The molecule has 0 saturated heterocycles. The molecular weight excluding hydrogens is 313 g/mol. The normalized spacial score (nSPS) is 4.00. The minimum absolute atomic E-state index is 0. The predicted molar refractivity (Wildman–Crippen MR) is 11.5 cm³/mol. The second kappa shape index (κ2) is 8.97. The summed E-state index contributed by atoms with van der Waals surface area (Å²) in [6.07, 6.45) is 0. The Labute approximate surface area is 57.8 Å². The van der Waals surface area contributed by atoms with Gasteiger partial charge in [0.15, 0.2) is 0 Å². The molecule has 0 atom stereocenters. The Morgan fingerprint density at radius 3 is 1.25 bits per heavy atom. The van der Waals surface area contributed by atoms with E-state index in [1.54, 1.807) is 0 Å². The summed E-state index contributed by atoms with van der Waals surface area (Å²) in [4.78, 5) is 0. The Bertz CT molecular complexity index is 27.0. The van der Waals surface area contributed by atoms with E-state index in [-0.39, 0.29) is 21.1 Å². The van der Waals surface area contributed by atoms with Crippen LogP contribution < -0.4 is 0 Å². The first-order valence-corrected chi connectivity index (χ1v) is 5.83. The summed E-state index contributed by atoms with van der Waals surface area (Å²) >= 11 is 5.44. The van der Waals surface area contributed by atoms with Crippen molar-refractivity contribution in [3.8, 4) is 0 Å². The second-order valence-electron chi connectivity index (χ2n) is 0.0556. The van der Waals surface area contributed by atoms with Crippen molar-refractivity contribution >= 4 is 27.4 Å². The minimum atomic E-state index is 0. The van der Waals surface area contributed by atoms with Crippen molar-refractivity contribution in [3.05, 3.63) is 0 Å². The van der Waals surface area contributed by atoms with E-state index in [1.807, 2.05) is 0 Å². The summed E-state index contributed by atoms with van der Waals surface area (Å²) in [7, 11) is 1.19. The third-order valence-corrected chi connectivity index (χ3v) is 0. The average Bonchev–Trinajstić information content (AvgIpc) is 0.918. The summed E-state index contributed by atoms with van der Waals surface area (Å²) in [5.41, 5.74) is 0. The summed E-state index contributed by atoms with van der Waals surface area (Å²) in [6, 6.07) is 0. The molecule has 0 amide bonds. The first kappa shape index (κ1) is 9.53. The molecule has 0 aromatic rings. The number of rotatable bonds is 0. The van der Waals surface area contributed by atoms with Crippen LogP contribution in [-0.2, 0) is 31.1 Å². The Morgan fingerprint density at radius 1 is 1.25 bits per heavy atom. The molecule has 0 heterocycles. The second-order valence-corrected chi connectivity index (χ2v) is 6.18. The van der Waals surface area contributed by atoms with Crippen LogP contribution in [0.15, 0.2) is 0 Å². The fourth-order valence-electron chi connectivity index (χ4n) is 0. The summed E-state index contributed by atoms with van der Waals surface area (Å²) in [5, 5.41) is 0. The zero-order valence-corrected chi connectivity index (χ0v) is 8.03. The quantitative estimate of drug-likeness (QED) is 0.516. The Morgan fingerprint density at radius 2 is 1.25 bits per heavy atom. The van der Waals surface area contributed by atoms with Gasteiger partial charge in [0.05, 0.1) is 0 Å². The molecule has 0 spiro atoms. The van der Waals surface area contributed by atoms with Crippen LogP contribution in [-0.4, -0.2) is 27.4 Å². The van der Waals surface area contributed by atoms with Gasteiger partial charge in [-0.25, -0.2) is 0 Å². The molecule has 0 saturated carbocycles. The van der Waals surface area contributed by atoms with Crippen LogP contribution in [0.4, 0.5) is 0 Å². The van der Waals surface area contributed by atoms with Gasteiger partial charge in [-0.05, 0) is 0 Å². The molecule has 0 nitrogen and oxygen atoms in total. The molecule has 0 aliphatic rings. The molecule has 0 rings (SSSR count). The molecule has 27 valence electrons. The Hall–Kier alpha value is 2.23. The number of hydrogen-bond acceptors (Lipinski definition) is 0. The molecule has 0 aliphatic carbocycles. The number of hydrogen-bond donors (Lipinski definition) is 0. The van der Waals surface area contributed by atoms with Crippen molar-refractivity contribution in [2.45, 2.75) is 0 Å². The molecule has 0 bridgehead atoms. The van der Waals surface area contributed by atoms with Crippen molar-refractivity contribution in [2.75, 3.05) is 0 Å². The van der Waals surface area contributed by atoms with Crippen molar-refractivity contribution in [3.63, 3.8) is 0 Å². The Kier molecular flexibility index (Phi) is 21.4. The fourth-order valence-corrected chi connectivity index (χ4v) is 0. The van der Waals surface area contributed by atoms with E-state index in [1.165, 1.54) is 10.0 Å². The standard InChI is InChI=1S/Co.Mo.2Se. The molecule has 4 heteroatoms. The third-order valence-electron chi connectivity index (χ3n) is 0. The van der Waals surface area contributed by atoms with E-state index in [0.717, 1.165) is 0 Å². The molecule has 0 unspecified atom stereocenters. The van der Waals surface area contributed by atoms with Gasteiger partial charge in [-0.15, -0.1) is 0 Å². The summed E-state index contributed by atoms with van der Waals surface area (Å²) in [6.45, 7) is 0. The van der Waals surface area contributed by atoms with Crippen LogP contribution in [0.2, 0.25) is 0 Å². The molecule has 4 heavy (non-hydrogen) atoms. The zero-order chi connectivity index (χ0) is 2.71. The predicted octanol–water partition coefficient (Wildman–Crippen LogP) is -0.767. The van der Waals surface area contributed by atoms with Crippen LogP contribution >= 0.6 is 0 Å². The topological polar surface area (TPSA) is 0 Å². The van der Waals surface area contributed by atoms with E-state index in [2.05, 4.69) is 27.4 Å². The van der Waals surface area contributed by atoms with Gasteiger partial charge in [0.2, 0.25) is 0 Å².